The number of nitrogens with two attached hydrogens (primary N) is 1. The van der Waals surface area contributed by atoms with Gasteiger partial charge in [-0.3, -0.25) is 0 Å². The topological polar surface area (TPSA) is 64.7 Å². The zero-order chi connectivity index (χ0) is 14.3. The molecule has 0 fully saturated rings. The second-order valence-electron chi connectivity index (χ2n) is 5.02. The quantitative estimate of drug-likeness (QED) is 0.707. The van der Waals surface area contributed by atoms with Gasteiger partial charge in [-0.15, -0.1) is 0 Å². The van der Waals surface area contributed by atoms with Crippen molar-refractivity contribution in [2.24, 2.45) is 11.7 Å². The zero-order valence-corrected chi connectivity index (χ0v) is 12.1. The fourth-order valence-electron chi connectivity index (χ4n) is 1.72. The average Bonchev–Trinajstić information content (AvgIpc) is 2.39. The smallest absolute Gasteiger partial charge is 0.161 e. The molecule has 0 aliphatic carbocycles. The van der Waals surface area contributed by atoms with Gasteiger partial charge in [0.2, 0.25) is 0 Å². The first kappa shape index (κ1) is 15.8. The average molecular weight is 267 g/mol. The lowest BCUT2D eigenvalue weighted by molar-refractivity contribution is 0.228. The summed E-state index contributed by atoms with van der Waals surface area (Å²) in [7, 11) is 1.62. The highest BCUT2D eigenvalue weighted by Gasteiger charge is 2.11. The number of aliphatic hydroxyl groups excluding tert-OH is 1. The van der Waals surface area contributed by atoms with E-state index in [0.717, 1.165) is 12.0 Å². The van der Waals surface area contributed by atoms with E-state index in [0.29, 0.717) is 30.4 Å². The lowest BCUT2D eigenvalue weighted by atomic mass is 9.97. The van der Waals surface area contributed by atoms with Crippen LogP contribution in [0.5, 0.6) is 11.5 Å². The van der Waals surface area contributed by atoms with Crippen molar-refractivity contribution < 1.29 is 14.6 Å². The van der Waals surface area contributed by atoms with E-state index >= 15 is 0 Å². The van der Waals surface area contributed by atoms with Crippen LogP contribution in [0.3, 0.4) is 0 Å². The van der Waals surface area contributed by atoms with Gasteiger partial charge >= 0.3 is 0 Å². The van der Waals surface area contributed by atoms with Crippen molar-refractivity contribution in [2.45, 2.75) is 32.7 Å². The molecule has 0 amide bonds. The highest BCUT2D eigenvalue weighted by Crippen LogP contribution is 2.28. The fourth-order valence-corrected chi connectivity index (χ4v) is 1.72. The Morgan fingerprint density at radius 2 is 2.00 bits per heavy atom. The molecule has 1 aromatic rings. The number of hydrogen-bond acceptors (Lipinski definition) is 4. The van der Waals surface area contributed by atoms with Crippen molar-refractivity contribution in [2.75, 3.05) is 20.3 Å². The van der Waals surface area contributed by atoms with Gasteiger partial charge in [0.15, 0.2) is 11.5 Å². The molecule has 4 nitrogen and oxygen atoms in total. The monoisotopic (exact) mass is 267 g/mol. The summed E-state index contributed by atoms with van der Waals surface area (Å²) in [5.41, 5.74) is 7.23. The molecule has 1 aromatic carbocycles. The van der Waals surface area contributed by atoms with Gasteiger partial charge < -0.3 is 20.3 Å². The lowest BCUT2D eigenvalue weighted by Gasteiger charge is -2.17. The highest BCUT2D eigenvalue weighted by atomic mass is 16.5. The molecule has 108 valence electrons. The van der Waals surface area contributed by atoms with Gasteiger partial charge in [-0.05, 0) is 30.0 Å². The molecule has 0 aromatic heterocycles. The van der Waals surface area contributed by atoms with Gasteiger partial charge in [0.1, 0.15) is 0 Å². The standard InChI is InChI=1S/C15H25NO3/c1-11(2)13(16)9-12-5-6-14(18-3)15(10-12)19-8-4-7-17/h5-6,10-11,13,17H,4,7-9,16H2,1-3H3/t13-/m0/s1. The largest absolute Gasteiger partial charge is 0.493 e. The van der Waals surface area contributed by atoms with E-state index in [9.17, 15) is 0 Å². The van der Waals surface area contributed by atoms with Crippen molar-refractivity contribution in [1.82, 2.24) is 0 Å². The SMILES string of the molecule is COc1ccc(C[C@H](N)C(C)C)cc1OCCCO. The third-order valence-corrected chi connectivity index (χ3v) is 3.12. The summed E-state index contributed by atoms with van der Waals surface area (Å²) in [6.45, 7) is 4.84. The summed E-state index contributed by atoms with van der Waals surface area (Å²) < 4.78 is 10.9. The summed E-state index contributed by atoms with van der Waals surface area (Å²) >= 11 is 0. The minimum atomic E-state index is 0.125. The summed E-state index contributed by atoms with van der Waals surface area (Å²) in [6.07, 6.45) is 1.43. The van der Waals surface area contributed by atoms with Crippen molar-refractivity contribution >= 4 is 0 Å². The molecule has 1 atom stereocenters. The van der Waals surface area contributed by atoms with Crippen molar-refractivity contribution in [1.29, 1.82) is 0 Å². The molecular weight excluding hydrogens is 242 g/mol. The molecule has 4 heteroatoms. The molecular formula is C15H25NO3. The predicted octanol–water partition coefficient (Wildman–Crippen LogP) is 1.98. The summed E-state index contributed by atoms with van der Waals surface area (Å²) in [5.74, 6) is 1.87. The number of aliphatic hydroxyl groups is 1. The molecule has 19 heavy (non-hydrogen) atoms. The molecule has 0 aliphatic rings. The van der Waals surface area contributed by atoms with Crippen LogP contribution in [0.1, 0.15) is 25.8 Å². The van der Waals surface area contributed by atoms with Gasteiger partial charge in [0.05, 0.1) is 13.7 Å². The van der Waals surface area contributed by atoms with Crippen LogP contribution < -0.4 is 15.2 Å². The molecule has 0 spiro atoms. The van der Waals surface area contributed by atoms with Crippen LogP contribution in [0.15, 0.2) is 18.2 Å². The van der Waals surface area contributed by atoms with E-state index in [-0.39, 0.29) is 12.6 Å². The number of benzene rings is 1. The molecule has 0 saturated carbocycles. The molecule has 1 rings (SSSR count). The number of methoxy groups -OCH3 is 1. The van der Waals surface area contributed by atoms with Crippen LogP contribution >= 0.6 is 0 Å². The van der Waals surface area contributed by atoms with E-state index in [1.165, 1.54) is 0 Å². The van der Waals surface area contributed by atoms with Crippen LogP contribution in [0.4, 0.5) is 0 Å². The predicted molar refractivity (Wildman–Crippen MR) is 76.7 cm³/mol. The Kier molecular flexibility index (Phi) is 6.67. The fraction of sp³-hybridized carbons (Fsp3) is 0.600. The number of ether oxygens (including phenoxy) is 2. The van der Waals surface area contributed by atoms with Crippen molar-refractivity contribution in [3.05, 3.63) is 23.8 Å². The maximum absolute atomic E-state index is 8.78. The first-order valence-electron chi connectivity index (χ1n) is 6.74. The molecule has 0 bridgehead atoms. The van der Waals surface area contributed by atoms with Crippen LogP contribution in [-0.2, 0) is 6.42 Å². The summed E-state index contributed by atoms with van der Waals surface area (Å²) in [4.78, 5) is 0. The maximum Gasteiger partial charge on any atom is 0.161 e. The molecule has 0 radical (unpaired) electrons. The first-order valence-corrected chi connectivity index (χ1v) is 6.74. The first-order chi connectivity index (χ1) is 9.08. The Bertz CT molecular complexity index is 380. The molecule has 3 N–H and O–H groups in total. The molecule has 0 aliphatic heterocycles. The van der Waals surface area contributed by atoms with Crippen LogP contribution in [0.2, 0.25) is 0 Å². The third-order valence-electron chi connectivity index (χ3n) is 3.12. The summed E-state index contributed by atoms with van der Waals surface area (Å²) in [6, 6.07) is 6.02. The Balaban J connectivity index is 2.76. The Hall–Kier alpha value is -1.26. The lowest BCUT2D eigenvalue weighted by Crippen LogP contribution is -2.28. The zero-order valence-electron chi connectivity index (χ0n) is 12.1. The molecule has 0 heterocycles. The van der Waals surface area contributed by atoms with Crippen molar-refractivity contribution in [3.63, 3.8) is 0 Å². The van der Waals surface area contributed by atoms with E-state index < -0.39 is 0 Å². The highest BCUT2D eigenvalue weighted by molar-refractivity contribution is 5.43. The van der Waals surface area contributed by atoms with Crippen LogP contribution in [0.25, 0.3) is 0 Å². The normalized spacial score (nSPS) is 12.5. The van der Waals surface area contributed by atoms with Gasteiger partial charge in [-0.1, -0.05) is 19.9 Å². The minimum absolute atomic E-state index is 0.125. The van der Waals surface area contributed by atoms with E-state index in [4.69, 9.17) is 20.3 Å². The molecule has 0 unspecified atom stereocenters. The van der Waals surface area contributed by atoms with Crippen LogP contribution in [0, 0.1) is 5.92 Å². The third kappa shape index (κ3) is 5.09. The van der Waals surface area contributed by atoms with E-state index in [1.807, 2.05) is 18.2 Å². The van der Waals surface area contributed by atoms with Crippen LogP contribution in [-0.4, -0.2) is 31.5 Å². The van der Waals surface area contributed by atoms with Gasteiger partial charge in [-0.25, -0.2) is 0 Å². The van der Waals surface area contributed by atoms with E-state index in [1.54, 1.807) is 7.11 Å². The number of hydrogen-bond donors (Lipinski definition) is 2. The maximum atomic E-state index is 8.78. The van der Waals surface area contributed by atoms with E-state index in [2.05, 4.69) is 13.8 Å². The van der Waals surface area contributed by atoms with Gasteiger partial charge in [0, 0.05) is 19.1 Å². The second kappa shape index (κ2) is 8.02. The molecule has 0 saturated heterocycles. The van der Waals surface area contributed by atoms with Gasteiger partial charge in [-0.2, -0.15) is 0 Å². The van der Waals surface area contributed by atoms with Gasteiger partial charge in [0.25, 0.3) is 0 Å². The number of rotatable bonds is 8. The summed E-state index contributed by atoms with van der Waals surface area (Å²) in [5, 5.41) is 8.78. The Morgan fingerprint density at radius 3 is 2.58 bits per heavy atom. The Morgan fingerprint density at radius 1 is 1.26 bits per heavy atom. The minimum Gasteiger partial charge on any atom is -0.493 e. The Labute approximate surface area is 115 Å². The second-order valence-corrected chi connectivity index (χ2v) is 5.02. The van der Waals surface area contributed by atoms with Crippen molar-refractivity contribution in [3.8, 4) is 11.5 Å².